The lowest BCUT2D eigenvalue weighted by atomic mass is 10.0. The lowest BCUT2D eigenvalue weighted by Gasteiger charge is -2.28. The number of aromatic nitrogens is 1. The predicted octanol–water partition coefficient (Wildman–Crippen LogP) is 4.78. The van der Waals surface area contributed by atoms with Crippen LogP contribution in [0.2, 0.25) is 0 Å². The standard InChI is InChI=1S/C21H22N2S/c1-14-10-16-17-12-22(2)9-8-18(17)23-13-20(15-6-4-3-5-7-15)24-19(11-14)21(16)23/h3-7,10-11,20H,8-9,12-13H2,1-2H3. The summed E-state index contributed by atoms with van der Waals surface area (Å²) < 4.78 is 2.64. The second-order valence-electron chi connectivity index (χ2n) is 7.20. The highest BCUT2D eigenvalue weighted by Crippen LogP contribution is 2.47. The zero-order valence-corrected chi connectivity index (χ0v) is 15.1. The average molecular weight is 334 g/mol. The number of likely N-dealkylation sites (N-methyl/N-ethyl adjacent to an activating group) is 1. The molecule has 0 N–H and O–H groups in total. The van der Waals surface area contributed by atoms with Crippen molar-refractivity contribution in [1.29, 1.82) is 0 Å². The van der Waals surface area contributed by atoms with Crippen molar-refractivity contribution in [3.05, 3.63) is 64.8 Å². The molecular weight excluding hydrogens is 312 g/mol. The van der Waals surface area contributed by atoms with Gasteiger partial charge in [-0.1, -0.05) is 30.3 Å². The molecule has 3 heteroatoms. The van der Waals surface area contributed by atoms with Gasteiger partial charge in [-0.25, -0.2) is 0 Å². The number of hydrogen-bond donors (Lipinski definition) is 0. The molecule has 2 nitrogen and oxygen atoms in total. The summed E-state index contributed by atoms with van der Waals surface area (Å²) in [5, 5.41) is 2.01. The van der Waals surface area contributed by atoms with Crippen molar-refractivity contribution in [2.45, 2.75) is 36.6 Å². The van der Waals surface area contributed by atoms with Gasteiger partial charge in [0.25, 0.3) is 0 Å². The van der Waals surface area contributed by atoms with Crippen molar-refractivity contribution >= 4 is 22.7 Å². The molecule has 2 aliphatic heterocycles. The zero-order valence-electron chi connectivity index (χ0n) is 14.2. The molecule has 3 aromatic rings. The van der Waals surface area contributed by atoms with Gasteiger partial charge in [0.2, 0.25) is 0 Å². The normalized spacial score (nSPS) is 20.3. The molecule has 0 aliphatic carbocycles. The first kappa shape index (κ1) is 14.6. The Balaban J connectivity index is 1.72. The van der Waals surface area contributed by atoms with Crippen molar-refractivity contribution in [2.24, 2.45) is 0 Å². The third-order valence-corrected chi connectivity index (χ3v) is 6.71. The Bertz CT molecular complexity index is 926. The van der Waals surface area contributed by atoms with E-state index >= 15 is 0 Å². The minimum atomic E-state index is 0.514. The van der Waals surface area contributed by atoms with E-state index in [1.165, 1.54) is 39.9 Å². The fourth-order valence-corrected chi connectivity index (χ4v) is 5.71. The molecule has 0 amide bonds. The Hall–Kier alpha value is -1.71. The summed E-state index contributed by atoms with van der Waals surface area (Å²) in [6.45, 7) is 5.59. The fraction of sp³-hybridized carbons (Fsp3) is 0.333. The van der Waals surface area contributed by atoms with Crippen LogP contribution in [0.5, 0.6) is 0 Å². The number of rotatable bonds is 1. The van der Waals surface area contributed by atoms with Crippen molar-refractivity contribution < 1.29 is 0 Å². The minimum Gasteiger partial charge on any atom is -0.342 e. The Morgan fingerprint density at radius 3 is 2.79 bits per heavy atom. The Labute approximate surface area is 147 Å². The third kappa shape index (κ3) is 2.15. The summed E-state index contributed by atoms with van der Waals surface area (Å²) in [6, 6.07) is 15.8. The SMILES string of the molecule is Cc1cc2c3c(c1)c1c(n3CC(c3ccccc3)S2)CCN(C)C1. The van der Waals surface area contributed by atoms with Gasteiger partial charge in [-0.2, -0.15) is 0 Å². The number of nitrogens with zero attached hydrogens (tertiary/aromatic N) is 2. The van der Waals surface area contributed by atoms with Crippen LogP contribution in [-0.2, 0) is 19.5 Å². The summed E-state index contributed by atoms with van der Waals surface area (Å²) in [7, 11) is 2.24. The number of fused-ring (bicyclic) bond motifs is 3. The van der Waals surface area contributed by atoms with Gasteiger partial charge in [0.05, 0.1) is 10.8 Å². The van der Waals surface area contributed by atoms with Gasteiger partial charge >= 0.3 is 0 Å². The molecule has 2 aromatic carbocycles. The van der Waals surface area contributed by atoms with Gasteiger partial charge in [-0.15, -0.1) is 11.8 Å². The molecular formula is C21H22N2S. The smallest absolute Gasteiger partial charge is 0.0624 e. The predicted molar refractivity (Wildman–Crippen MR) is 102 cm³/mol. The molecule has 0 saturated carbocycles. The molecule has 3 heterocycles. The van der Waals surface area contributed by atoms with Crippen LogP contribution in [0.25, 0.3) is 10.9 Å². The molecule has 2 aliphatic rings. The van der Waals surface area contributed by atoms with Crippen LogP contribution in [-0.4, -0.2) is 23.1 Å². The van der Waals surface area contributed by atoms with Crippen LogP contribution in [0.3, 0.4) is 0 Å². The quantitative estimate of drug-likeness (QED) is 0.632. The van der Waals surface area contributed by atoms with E-state index in [9.17, 15) is 0 Å². The third-order valence-electron chi connectivity index (χ3n) is 5.44. The van der Waals surface area contributed by atoms with Gasteiger partial charge in [-0.05, 0) is 42.8 Å². The summed E-state index contributed by atoms with van der Waals surface area (Å²) in [5.41, 5.74) is 7.46. The average Bonchev–Trinajstić information content (AvgIpc) is 2.90. The van der Waals surface area contributed by atoms with Crippen molar-refractivity contribution in [1.82, 2.24) is 9.47 Å². The van der Waals surface area contributed by atoms with Gasteiger partial charge < -0.3 is 9.47 Å². The molecule has 1 aromatic heterocycles. The van der Waals surface area contributed by atoms with Gasteiger partial charge in [0.15, 0.2) is 0 Å². The minimum absolute atomic E-state index is 0.514. The highest BCUT2D eigenvalue weighted by atomic mass is 32.2. The molecule has 5 rings (SSSR count). The van der Waals surface area contributed by atoms with Crippen molar-refractivity contribution in [2.75, 3.05) is 13.6 Å². The van der Waals surface area contributed by atoms with E-state index in [-0.39, 0.29) is 0 Å². The molecule has 0 saturated heterocycles. The molecule has 0 fully saturated rings. The number of thioether (sulfide) groups is 1. The van der Waals surface area contributed by atoms with E-state index < -0.39 is 0 Å². The molecule has 24 heavy (non-hydrogen) atoms. The summed E-state index contributed by atoms with van der Waals surface area (Å²) in [4.78, 5) is 3.91. The van der Waals surface area contributed by atoms with Crippen LogP contribution in [0, 0.1) is 6.92 Å². The van der Waals surface area contributed by atoms with Gasteiger partial charge in [0.1, 0.15) is 0 Å². The topological polar surface area (TPSA) is 8.17 Å². The molecule has 0 spiro atoms. The maximum atomic E-state index is 2.64. The first-order valence-electron chi connectivity index (χ1n) is 8.75. The van der Waals surface area contributed by atoms with E-state index in [0.717, 1.165) is 13.1 Å². The first-order chi connectivity index (χ1) is 11.7. The lowest BCUT2D eigenvalue weighted by Crippen LogP contribution is -2.27. The second-order valence-corrected chi connectivity index (χ2v) is 8.44. The van der Waals surface area contributed by atoms with Gasteiger partial charge in [-0.3, -0.25) is 0 Å². The van der Waals surface area contributed by atoms with E-state index in [1.807, 2.05) is 11.8 Å². The fourth-order valence-electron chi connectivity index (χ4n) is 4.30. The van der Waals surface area contributed by atoms with E-state index in [2.05, 4.69) is 65.9 Å². The van der Waals surface area contributed by atoms with E-state index in [0.29, 0.717) is 5.25 Å². The monoisotopic (exact) mass is 334 g/mol. The van der Waals surface area contributed by atoms with Crippen LogP contribution < -0.4 is 0 Å². The maximum absolute atomic E-state index is 2.64. The summed E-state index contributed by atoms with van der Waals surface area (Å²) >= 11 is 2.05. The number of aryl methyl sites for hydroxylation is 1. The van der Waals surface area contributed by atoms with E-state index in [4.69, 9.17) is 0 Å². The molecule has 1 atom stereocenters. The largest absolute Gasteiger partial charge is 0.342 e. The van der Waals surface area contributed by atoms with Crippen LogP contribution in [0.15, 0.2) is 47.4 Å². The number of benzene rings is 2. The van der Waals surface area contributed by atoms with Gasteiger partial charge in [0, 0.05) is 42.0 Å². The van der Waals surface area contributed by atoms with Crippen molar-refractivity contribution in [3.8, 4) is 0 Å². The second kappa shape index (κ2) is 5.40. The Kier molecular flexibility index (Phi) is 3.29. The van der Waals surface area contributed by atoms with Crippen molar-refractivity contribution in [3.63, 3.8) is 0 Å². The van der Waals surface area contributed by atoms with Crippen LogP contribution >= 0.6 is 11.8 Å². The molecule has 0 radical (unpaired) electrons. The Morgan fingerprint density at radius 1 is 1.12 bits per heavy atom. The zero-order chi connectivity index (χ0) is 16.3. The molecule has 1 unspecified atom stereocenters. The lowest BCUT2D eigenvalue weighted by molar-refractivity contribution is 0.309. The number of hydrogen-bond acceptors (Lipinski definition) is 2. The Morgan fingerprint density at radius 2 is 1.96 bits per heavy atom. The maximum Gasteiger partial charge on any atom is 0.0624 e. The summed E-state index contributed by atoms with van der Waals surface area (Å²) in [6.07, 6.45) is 1.17. The summed E-state index contributed by atoms with van der Waals surface area (Å²) in [5.74, 6) is 0. The highest BCUT2D eigenvalue weighted by molar-refractivity contribution is 7.99. The first-order valence-corrected chi connectivity index (χ1v) is 9.63. The van der Waals surface area contributed by atoms with Crippen LogP contribution in [0.1, 0.15) is 27.6 Å². The molecule has 0 bridgehead atoms. The van der Waals surface area contributed by atoms with E-state index in [1.54, 1.807) is 11.3 Å². The van der Waals surface area contributed by atoms with Crippen LogP contribution in [0.4, 0.5) is 0 Å². The molecule has 122 valence electrons. The highest BCUT2D eigenvalue weighted by Gasteiger charge is 2.30.